The van der Waals surface area contributed by atoms with Crippen molar-refractivity contribution in [3.63, 3.8) is 0 Å². The zero-order valence-electron chi connectivity index (χ0n) is 14.9. The number of thiophene rings is 1. The maximum Gasteiger partial charge on any atom is 0.355 e. The van der Waals surface area contributed by atoms with Crippen molar-refractivity contribution < 1.29 is 19.1 Å². The van der Waals surface area contributed by atoms with Gasteiger partial charge in [0.1, 0.15) is 17.5 Å². The number of nitrogens with zero attached hydrogens (tertiary/aromatic N) is 4. The molecule has 1 aromatic carbocycles. The lowest BCUT2D eigenvalue weighted by Crippen LogP contribution is -2.32. The third-order valence-electron chi connectivity index (χ3n) is 4.33. The second kappa shape index (κ2) is 7.24. The van der Waals surface area contributed by atoms with Gasteiger partial charge in [0.25, 0.3) is 0 Å². The third-order valence-corrected chi connectivity index (χ3v) is 5.20. The zero-order valence-corrected chi connectivity index (χ0v) is 15.8. The maximum atomic E-state index is 13.4. The van der Waals surface area contributed by atoms with E-state index in [2.05, 4.69) is 20.8 Å². The van der Waals surface area contributed by atoms with Crippen LogP contribution in [0.5, 0.6) is 5.75 Å². The SMILES string of the molecule is COC(=O)C1=C(C(=O)c2cccs2)[C@H](c2ccccc2OC)n2nnnc2N1. The number of benzene rings is 1. The van der Waals surface area contributed by atoms with Crippen LogP contribution in [0.25, 0.3) is 0 Å². The molecule has 3 heterocycles. The highest BCUT2D eigenvalue weighted by atomic mass is 32.1. The average molecular weight is 397 g/mol. The average Bonchev–Trinajstić information content (AvgIpc) is 3.43. The summed E-state index contributed by atoms with van der Waals surface area (Å²) in [6.07, 6.45) is 0. The van der Waals surface area contributed by atoms with Gasteiger partial charge in [0.2, 0.25) is 11.7 Å². The van der Waals surface area contributed by atoms with Crippen molar-refractivity contribution in [2.24, 2.45) is 0 Å². The summed E-state index contributed by atoms with van der Waals surface area (Å²) in [6.45, 7) is 0. The normalized spacial score (nSPS) is 15.6. The van der Waals surface area contributed by atoms with E-state index in [1.165, 1.54) is 30.2 Å². The molecule has 0 saturated carbocycles. The largest absolute Gasteiger partial charge is 0.496 e. The van der Waals surface area contributed by atoms with Crippen molar-refractivity contribution in [3.8, 4) is 5.75 Å². The topological polar surface area (TPSA) is 108 Å². The van der Waals surface area contributed by atoms with Crippen molar-refractivity contribution >= 4 is 29.0 Å². The molecule has 0 bridgehead atoms. The van der Waals surface area contributed by atoms with Gasteiger partial charge in [0.15, 0.2) is 0 Å². The number of rotatable bonds is 5. The number of ketones is 1. The molecule has 0 amide bonds. The van der Waals surface area contributed by atoms with Crippen LogP contribution < -0.4 is 10.1 Å². The van der Waals surface area contributed by atoms with E-state index < -0.39 is 12.0 Å². The van der Waals surface area contributed by atoms with E-state index in [1.54, 1.807) is 29.6 Å². The van der Waals surface area contributed by atoms with Crippen LogP contribution in [-0.4, -0.2) is 46.2 Å². The lowest BCUT2D eigenvalue weighted by atomic mass is 9.91. The minimum atomic E-state index is -0.772. The number of fused-ring (bicyclic) bond motifs is 1. The number of para-hydroxylation sites is 1. The Labute approximate surface area is 163 Å². The molecule has 1 aliphatic heterocycles. The molecule has 10 heteroatoms. The number of allylic oxidation sites excluding steroid dienone is 1. The van der Waals surface area contributed by atoms with Crippen LogP contribution in [0.2, 0.25) is 0 Å². The van der Waals surface area contributed by atoms with E-state index in [0.717, 1.165) is 0 Å². The number of anilines is 1. The molecule has 1 atom stereocenters. The van der Waals surface area contributed by atoms with Gasteiger partial charge in [0.05, 0.1) is 24.7 Å². The number of methoxy groups -OCH3 is 2. The Morgan fingerprint density at radius 2 is 2.00 bits per heavy atom. The van der Waals surface area contributed by atoms with Crippen LogP contribution in [0.3, 0.4) is 0 Å². The lowest BCUT2D eigenvalue weighted by molar-refractivity contribution is -0.136. The van der Waals surface area contributed by atoms with Crippen LogP contribution in [-0.2, 0) is 9.53 Å². The predicted molar refractivity (Wildman–Crippen MR) is 100 cm³/mol. The third kappa shape index (κ3) is 2.83. The summed E-state index contributed by atoms with van der Waals surface area (Å²) >= 11 is 1.28. The molecule has 0 spiro atoms. The molecule has 9 nitrogen and oxygen atoms in total. The molecule has 0 saturated heterocycles. The summed E-state index contributed by atoms with van der Waals surface area (Å²) in [5.74, 6) is -0.246. The van der Waals surface area contributed by atoms with E-state index >= 15 is 0 Å². The van der Waals surface area contributed by atoms with Crippen LogP contribution in [0.15, 0.2) is 53.0 Å². The lowest BCUT2D eigenvalue weighted by Gasteiger charge is -2.28. The number of tetrazole rings is 1. The molecule has 4 rings (SSSR count). The highest BCUT2D eigenvalue weighted by Gasteiger charge is 2.39. The molecular weight excluding hydrogens is 382 g/mol. The smallest absolute Gasteiger partial charge is 0.355 e. The van der Waals surface area contributed by atoms with E-state index in [1.807, 2.05) is 12.1 Å². The molecule has 0 aliphatic carbocycles. The molecule has 28 heavy (non-hydrogen) atoms. The number of esters is 1. The predicted octanol–water partition coefficient (Wildman–Crippen LogP) is 2.07. The van der Waals surface area contributed by atoms with Gasteiger partial charge >= 0.3 is 5.97 Å². The monoisotopic (exact) mass is 397 g/mol. The zero-order chi connectivity index (χ0) is 19.7. The number of carbonyl (C=O) groups is 2. The number of ether oxygens (including phenoxy) is 2. The van der Waals surface area contributed by atoms with Gasteiger partial charge in [0, 0.05) is 5.56 Å². The van der Waals surface area contributed by atoms with Crippen molar-refractivity contribution in [3.05, 3.63) is 63.5 Å². The minimum absolute atomic E-state index is 0.000828. The Morgan fingerprint density at radius 3 is 2.71 bits per heavy atom. The standard InChI is InChI=1S/C18H15N5O4S/c1-26-11-7-4-3-6-10(11)15-13(16(24)12-8-5-9-28-12)14(17(25)27-2)19-18-20-21-22-23(15)18/h3-9,15H,1-2H3,(H,19,20,22)/t15-/m0/s1. The quantitative estimate of drug-likeness (QED) is 0.515. The molecule has 2 aromatic heterocycles. The summed E-state index contributed by atoms with van der Waals surface area (Å²) in [5, 5.41) is 16.2. The molecule has 3 aromatic rings. The van der Waals surface area contributed by atoms with Gasteiger partial charge in [-0.15, -0.1) is 11.3 Å². The van der Waals surface area contributed by atoms with Crippen molar-refractivity contribution in [2.75, 3.05) is 19.5 Å². The minimum Gasteiger partial charge on any atom is -0.496 e. The highest BCUT2D eigenvalue weighted by molar-refractivity contribution is 7.12. The first-order chi connectivity index (χ1) is 13.7. The molecule has 0 radical (unpaired) electrons. The Kier molecular flexibility index (Phi) is 4.62. The Hall–Kier alpha value is -3.53. The van der Waals surface area contributed by atoms with Crippen LogP contribution in [0.1, 0.15) is 21.3 Å². The number of hydrogen-bond acceptors (Lipinski definition) is 9. The molecule has 1 N–H and O–H groups in total. The van der Waals surface area contributed by atoms with Crippen LogP contribution in [0, 0.1) is 0 Å². The van der Waals surface area contributed by atoms with Crippen molar-refractivity contribution in [2.45, 2.75) is 6.04 Å². The first-order valence-corrected chi connectivity index (χ1v) is 9.12. The maximum absolute atomic E-state index is 13.4. The number of hydrogen-bond donors (Lipinski definition) is 1. The van der Waals surface area contributed by atoms with Gasteiger partial charge < -0.3 is 14.8 Å². The van der Waals surface area contributed by atoms with E-state index in [0.29, 0.717) is 16.2 Å². The first kappa shape index (κ1) is 17.9. The summed E-state index contributed by atoms with van der Waals surface area (Å²) in [4.78, 5) is 26.4. The number of carbonyl (C=O) groups excluding carboxylic acids is 2. The summed E-state index contributed by atoms with van der Waals surface area (Å²) < 4.78 is 11.8. The molecular formula is C18H15N5O4S. The fourth-order valence-electron chi connectivity index (χ4n) is 3.11. The van der Waals surface area contributed by atoms with E-state index in [4.69, 9.17) is 9.47 Å². The Morgan fingerprint density at radius 1 is 1.18 bits per heavy atom. The molecule has 1 aliphatic rings. The van der Waals surface area contributed by atoms with Crippen molar-refractivity contribution in [1.29, 1.82) is 0 Å². The summed E-state index contributed by atoms with van der Waals surface area (Å²) in [6, 6.07) is 9.90. The number of aromatic nitrogens is 4. The number of Topliss-reactive ketones (excluding diaryl/α,β-unsaturated/α-hetero) is 1. The fourth-order valence-corrected chi connectivity index (χ4v) is 3.79. The second-order valence-electron chi connectivity index (χ2n) is 5.80. The van der Waals surface area contributed by atoms with Crippen molar-refractivity contribution in [1.82, 2.24) is 20.2 Å². The van der Waals surface area contributed by atoms with Crippen LogP contribution >= 0.6 is 11.3 Å². The van der Waals surface area contributed by atoms with Gasteiger partial charge in [-0.1, -0.05) is 29.4 Å². The van der Waals surface area contributed by atoms with E-state index in [9.17, 15) is 9.59 Å². The molecule has 142 valence electrons. The van der Waals surface area contributed by atoms with Crippen LogP contribution in [0.4, 0.5) is 5.95 Å². The Balaban J connectivity index is 1.99. The first-order valence-electron chi connectivity index (χ1n) is 8.24. The van der Waals surface area contributed by atoms with Gasteiger partial charge in [-0.2, -0.15) is 4.68 Å². The second-order valence-corrected chi connectivity index (χ2v) is 6.75. The van der Waals surface area contributed by atoms with E-state index in [-0.39, 0.29) is 23.0 Å². The fraction of sp³-hybridized carbons (Fsp3) is 0.167. The Bertz CT molecular complexity index is 1070. The number of nitrogens with one attached hydrogen (secondary N) is 1. The van der Waals surface area contributed by atoms with Gasteiger partial charge in [-0.05, 0) is 27.9 Å². The molecule has 0 fully saturated rings. The summed E-state index contributed by atoms with van der Waals surface area (Å²) in [7, 11) is 2.78. The highest BCUT2D eigenvalue weighted by Crippen LogP contribution is 2.40. The summed E-state index contributed by atoms with van der Waals surface area (Å²) in [5.41, 5.74) is 0.819. The van der Waals surface area contributed by atoms with Gasteiger partial charge in [-0.3, -0.25) is 4.79 Å². The van der Waals surface area contributed by atoms with Gasteiger partial charge in [-0.25, -0.2) is 4.79 Å². The molecule has 0 unspecified atom stereocenters.